The summed E-state index contributed by atoms with van der Waals surface area (Å²) in [6, 6.07) is 12.6. The van der Waals surface area contributed by atoms with Crippen LogP contribution in [0, 0.1) is 11.3 Å². The minimum absolute atomic E-state index is 0.0111. The molecule has 0 radical (unpaired) electrons. The van der Waals surface area contributed by atoms with Gasteiger partial charge in [0.2, 0.25) is 5.13 Å². The van der Waals surface area contributed by atoms with Crippen LogP contribution >= 0.6 is 34.7 Å². The van der Waals surface area contributed by atoms with Crippen molar-refractivity contribution in [2.45, 2.75) is 29.5 Å². The Labute approximate surface area is 220 Å². The first-order valence-electron chi connectivity index (χ1n) is 11.1. The predicted molar refractivity (Wildman–Crippen MR) is 139 cm³/mol. The summed E-state index contributed by atoms with van der Waals surface area (Å²) in [6.45, 7) is 0. The zero-order valence-electron chi connectivity index (χ0n) is 18.8. The molecule has 11 heteroatoms. The van der Waals surface area contributed by atoms with E-state index < -0.39 is 5.92 Å². The third-order valence-electron chi connectivity index (χ3n) is 6.01. The number of thioether (sulfide) groups is 1. The maximum atomic E-state index is 13.1. The van der Waals surface area contributed by atoms with Crippen molar-refractivity contribution in [2.24, 2.45) is 5.73 Å². The summed E-state index contributed by atoms with van der Waals surface area (Å²) in [7, 11) is 0. The fourth-order valence-corrected chi connectivity index (χ4v) is 6.28. The van der Waals surface area contributed by atoms with Gasteiger partial charge in [-0.1, -0.05) is 40.8 Å². The van der Waals surface area contributed by atoms with Crippen molar-refractivity contribution >= 4 is 51.4 Å². The Balaban J connectivity index is 1.46. The average Bonchev–Trinajstić information content (AvgIpc) is 3.36. The van der Waals surface area contributed by atoms with Gasteiger partial charge in [0.25, 0.3) is 0 Å². The minimum Gasteiger partial charge on any atom is -0.384 e. The third-order valence-corrected chi connectivity index (χ3v) is 8.30. The number of ketones is 2. The molecule has 2 aliphatic rings. The number of carbonyl (C=O) groups is 2. The van der Waals surface area contributed by atoms with Crippen molar-refractivity contribution < 1.29 is 9.59 Å². The van der Waals surface area contributed by atoms with E-state index >= 15 is 0 Å². The summed E-state index contributed by atoms with van der Waals surface area (Å²) < 4.78 is 0.581. The second-order valence-electron chi connectivity index (χ2n) is 8.17. The number of nitrogens with zero attached hydrogens (tertiary/aromatic N) is 5. The van der Waals surface area contributed by atoms with Gasteiger partial charge in [-0.15, -0.1) is 10.2 Å². The van der Waals surface area contributed by atoms with Gasteiger partial charge in [0.1, 0.15) is 5.82 Å². The summed E-state index contributed by atoms with van der Waals surface area (Å²) in [6.07, 6.45) is 5.02. The topological polar surface area (TPSA) is 126 Å². The van der Waals surface area contributed by atoms with Crippen LogP contribution in [-0.4, -0.2) is 32.5 Å². The Bertz CT molecular complexity index is 1440. The number of halogens is 1. The summed E-state index contributed by atoms with van der Waals surface area (Å²) in [4.78, 5) is 31.5. The van der Waals surface area contributed by atoms with E-state index in [-0.39, 0.29) is 28.7 Å². The van der Waals surface area contributed by atoms with Crippen LogP contribution in [0.5, 0.6) is 0 Å². The summed E-state index contributed by atoms with van der Waals surface area (Å²) in [5.41, 5.74) is 9.43. The van der Waals surface area contributed by atoms with Gasteiger partial charge in [0.15, 0.2) is 15.9 Å². The molecule has 1 aliphatic carbocycles. The number of carbonyl (C=O) groups excluding carboxylic acids is 2. The quantitative estimate of drug-likeness (QED) is 0.348. The van der Waals surface area contributed by atoms with Crippen molar-refractivity contribution in [3.63, 3.8) is 0 Å². The number of allylic oxidation sites excluding steroid dienone is 3. The Morgan fingerprint density at radius 1 is 1.25 bits per heavy atom. The van der Waals surface area contributed by atoms with Gasteiger partial charge in [-0.25, -0.2) is 0 Å². The molecule has 36 heavy (non-hydrogen) atoms. The number of hydrogen-bond acceptors (Lipinski definition) is 10. The van der Waals surface area contributed by atoms with E-state index in [1.807, 2.05) is 6.07 Å². The second kappa shape index (κ2) is 10.2. The first-order chi connectivity index (χ1) is 17.5. The molecule has 5 rings (SSSR count). The Kier molecular flexibility index (Phi) is 6.87. The number of nitriles is 1. The summed E-state index contributed by atoms with van der Waals surface area (Å²) in [5.74, 6) is -0.227. The van der Waals surface area contributed by atoms with Crippen LogP contribution < -0.4 is 10.6 Å². The molecule has 0 spiro atoms. The monoisotopic (exact) mass is 534 g/mol. The Morgan fingerprint density at radius 2 is 2.06 bits per heavy atom. The maximum absolute atomic E-state index is 13.1. The highest BCUT2D eigenvalue weighted by Crippen LogP contribution is 2.46. The molecule has 3 aromatic rings. The number of aromatic nitrogens is 3. The molecular weight excluding hydrogens is 516 g/mol. The molecule has 8 nitrogen and oxygen atoms in total. The molecule has 0 saturated heterocycles. The number of anilines is 1. The van der Waals surface area contributed by atoms with Gasteiger partial charge in [-0.2, -0.15) is 5.26 Å². The van der Waals surface area contributed by atoms with E-state index in [2.05, 4.69) is 21.3 Å². The van der Waals surface area contributed by atoms with Gasteiger partial charge in [0, 0.05) is 40.7 Å². The largest absolute Gasteiger partial charge is 0.384 e. The van der Waals surface area contributed by atoms with Crippen molar-refractivity contribution in [3.05, 3.63) is 87.6 Å². The van der Waals surface area contributed by atoms with Crippen LogP contribution in [0.4, 0.5) is 5.13 Å². The first kappa shape index (κ1) is 24.2. The lowest BCUT2D eigenvalue weighted by Crippen LogP contribution is -2.38. The molecule has 1 atom stereocenters. The Hall–Kier alpha value is -3.52. The standard InChI is InChI=1S/C25H19ClN6O2S2/c26-16-8-6-14(7-9-16)20(34)13-35-25-31-30-24(36-25)32-18-4-1-5-19(33)22(18)21(17(11-27)23(32)28)15-3-2-10-29-12-15/h2-3,6-10,12,21H,1,4-5,13,28H2. The van der Waals surface area contributed by atoms with Gasteiger partial charge >= 0.3 is 0 Å². The molecule has 0 bridgehead atoms. The fourth-order valence-electron chi connectivity index (χ4n) is 4.38. The molecule has 1 aromatic carbocycles. The molecule has 2 N–H and O–H groups in total. The van der Waals surface area contributed by atoms with Crippen LogP contribution in [0.15, 0.2) is 75.8 Å². The summed E-state index contributed by atoms with van der Waals surface area (Å²) in [5, 5.41) is 19.6. The lowest BCUT2D eigenvalue weighted by molar-refractivity contribution is -0.116. The van der Waals surface area contributed by atoms with Crippen LogP contribution in [0.1, 0.15) is 41.1 Å². The van der Waals surface area contributed by atoms with E-state index in [9.17, 15) is 14.9 Å². The van der Waals surface area contributed by atoms with Crippen LogP contribution in [-0.2, 0) is 4.79 Å². The number of benzene rings is 1. The van der Waals surface area contributed by atoms with E-state index in [0.29, 0.717) is 44.9 Å². The van der Waals surface area contributed by atoms with Crippen LogP contribution in [0.3, 0.4) is 0 Å². The summed E-state index contributed by atoms with van der Waals surface area (Å²) >= 11 is 8.43. The lowest BCUT2D eigenvalue weighted by atomic mass is 9.76. The molecule has 1 aliphatic heterocycles. The third kappa shape index (κ3) is 4.53. The fraction of sp³-hybridized carbons (Fsp3) is 0.200. The highest BCUT2D eigenvalue weighted by atomic mass is 35.5. The molecule has 180 valence electrons. The van der Waals surface area contributed by atoms with E-state index in [1.165, 1.54) is 23.1 Å². The van der Waals surface area contributed by atoms with E-state index in [4.69, 9.17) is 17.3 Å². The number of hydrogen-bond donors (Lipinski definition) is 1. The number of pyridine rings is 1. The molecule has 0 saturated carbocycles. The normalized spacial score (nSPS) is 17.7. The second-order valence-corrected chi connectivity index (χ2v) is 10.8. The van der Waals surface area contributed by atoms with Crippen molar-refractivity contribution in [2.75, 3.05) is 10.7 Å². The van der Waals surface area contributed by atoms with Gasteiger partial charge in [-0.3, -0.25) is 19.5 Å². The van der Waals surface area contributed by atoms with Gasteiger partial charge in [-0.05, 0) is 48.7 Å². The molecule has 3 heterocycles. The number of nitrogens with two attached hydrogens (primary N) is 1. The van der Waals surface area contributed by atoms with Gasteiger partial charge in [0.05, 0.1) is 23.3 Å². The zero-order chi connectivity index (χ0) is 25.2. The molecular formula is C25H19ClN6O2S2. The average molecular weight is 535 g/mol. The van der Waals surface area contributed by atoms with Crippen molar-refractivity contribution in [1.29, 1.82) is 5.26 Å². The smallest absolute Gasteiger partial charge is 0.219 e. The van der Waals surface area contributed by atoms with E-state index in [0.717, 1.165) is 11.3 Å². The maximum Gasteiger partial charge on any atom is 0.219 e. The molecule has 1 unspecified atom stereocenters. The molecule has 0 fully saturated rings. The Morgan fingerprint density at radius 3 is 2.78 bits per heavy atom. The van der Waals surface area contributed by atoms with E-state index in [1.54, 1.807) is 47.6 Å². The number of rotatable bonds is 6. The minimum atomic E-state index is -0.568. The van der Waals surface area contributed by atoms with Crippen LogP contribution in [0.25, 0.3) is 0 Å². The van der Waals surface area contributed by atoms with Crippen molar-refractivity contribution in [3.8, 4) is 6.07 Å². The SMILES string of the molecule is N#CC1=C(N)N(c2nnc(SCC(=O)c3ccc(Cl)cc3)s2)C2=C(C(=O)CCC2)C1c1cccnc1. The molecule has 2 aromatic heterocycles. The highest BCUT2D eigenvalue weighted by molar-refractivity contribution is 8.01. The zero-order valence-corrected chi connectivity index (χ0v) is 21.2. The highest BCUT2D eigenvalue weighted by Gasteiger charge is 2.41. The lowest BCUT2D eigenvalue weighted by Gasteiger charge is -2.37. The first-order valence-corrected chi connectivity index (χ1v) is 13.3. The predicted octanol–water partition coefficient (Wildman–Crippen LogP) is 4.87. The van der Waals surface area contributed by atoms with Crippen LogP contribution in [0.2, 0.25) is 5.02 Å². The van der Waals surface area contributed by atoms with Gasteiger partial charge < -0.3 is 5.73 Å². The van der Waals surface area contributed by atoms with Crippen molar-refractivity contribution in [1.82, 2.24) is 15.2 Å². The number of Topliss-reactive ketones (excluding diaryl/α,β-unsaturated/α-hetero) is 2. The molecule has 0 amide bonds.